The Morgan fingerprint density at radius 1 is 1.35 bits per heavy atom. The normalized spacial score (nSPS) is 20.6. The molecule has 95 valence electrons. The number of amidine groups is 1. The fourth-order valence-electron chi connectivity index (χ4n) is 2.52. The molecule has 0 amide bonds. The smallest absolute Gasteiger partial charge is 0.278 e. The number of ether oxygens (including phenoxy) is 1. The zero-order valence-electron chi connectivity index (χ0n) is 10.6. The number of likely N-dealkylation sites (tertiary alicyclic amines) is 1. The summed E-state index contributed by atoms with van der Waals surface area (Å²) in [6, 6.07) is 0. The predicted molar refractivity (Wildman–Crippen MR) is 64.7 cm³/mol. The first-order valence-corrected chi connectivity index (χ1v) is 6.63. The lowest BCUT2D eigenvalue weighted by atomic mass is 10.1. The summed E-state index contributed by atoms with van der Waals surface area (Å²) in [5.41, 5.74) is 0. The molecule has 2 heterocycles. The highest BCUT2D eigenvalue weighted by atomic mass is 16.5. The zero-order chi connectivity index (χ0) is 12.1. The molecule has 0 N–H and O–H groups in total. The molecule has 0 aliphatic carbocycles. The van der Waals surface area contributed by atoms with Crippen LogP contribution in [0.4, 0.5) is 0 Å². The van der Waals surface area contributed by atoms with E-state index < -0.39 is 0 Å². The molecule has 0 saturated carbocycles. The van der Waals surface area contributed by atoms with Gasteiger partial charge in [-0.15, -0.1) is 0 Å². The fraction of sp³-hybridized carbons (Fsp3) is 0.769. The van der Waals surface area contributed by atoms with Crippen molar-refractivity contribution < 1.29 is 14.1 Å². The third-order valence-electron chi connectivity index (χ3n) is 3.32. The first-order valence-electron chi connectivity index (χ1n) is 6.63. The van der Waals surface area contributed by atoms with Gasteiger partial charge >= 0.3 is 0 Å². The van der Waals surface area contributed by atoms with Gasteiger partial charge in [0.05, 0.1) is 26.2 Å². The van der Waals surface area contributed by atoms with E-state index >= 15 is 0 Å². The Hall–Kier alpha value is -1.19. The van der Waals surface area contributed by atoms with E-state index in [0.29, 0.717) is 6.61 Å². The maximum atomic E-state index is 11.5. The van der Waals surface area contributed by atoms with Crippen LogP contribution >= 0.6 is 0 Å². The molecule has 17 heavy (non-hydrogen) atoms. The molecule has 0 aromatic rings. The van der Waals surface area contributed by atoms with Crippen LogP contribution in [0, 0.1) is 6.54 Å². The molecule has 2 aliphatic rings. The van der Waals surface area contributed by atoms with Gasteiger partial charge in [-0.25, -0.2) is 0 Å². The minimum absolute atomic E-state index is 0.342. The molecule has 2 aliphatic heterocycles. The third kappa shape index (κ3) is 3.14. The van der Waals surface area contributed by atoms with Crippen LogP contribution in [-0.4, -0.2) is 47.5 Å². The van der Waals surface area contributed by atoms with Crippen molar-refractivity contribution in [1.82, 2.24) is 4.90 Å². The first kappa shape index (κ1) is 12.3. The second kappa shape index (κ2) is 5.94. The maximum absolute atomic E-state index is 11.5. The number of hydrogen-bond acceptors (Lipinski definition) is 3. The second-order valence-electron chi connectivity index (χ2n) is 4.55. The van der Waals surface area contributed by atoms with Gasteiger partial charge in [-0.3, -0.25) is 4.79 Å². The molecule has 1 saturated heterocycles. The lowest BCUT2D eigenvalue weighted by Crippen LogP contribution is -2.39. The quantitative estimate of drug-likeness (QED) is 0.421. The van der Waals surface area contributed by atoms with Gasteiger partial charge in [-0.05, 0) is 32.6 Å². The van der Waals surface area contributed by atoms with E-state index in [2.05, 4.69) is 11.4 Å². The zero-order valence-corrected chi connectivity index (χ0v) is 10.6. The Labute approximate surface area is 103 Å². The number of nitrogens with zero attached hydrogens (tertiary/aromatic N) is 2. The Kier molecular flexibility index (Phi) is 4.29. The van der Waals surface area contributed by atoms with Gasteiger partial charge in [0.1, 0.15) is 5.84 Å². The maximum Gasteiger partial charge on any atom is 0.278 e. The average Bonchev–Trinajstić information content (AvgIpc) is 2.83. The highest BCUT2D eigenvalue weighted by molar-refractivity contribution is 5.82. The SMILES string of the molecule is CCOC(=O)[C-][N+]1=C(N2CCCC2)CCCC1. The molecule has 1 fully saturated rings. The molecule has 0 spiro atoms. The van der Waals surface area contributed by atoms with Crippen LogP contribution < -0.4 is 0 Å². The predicted octanol–water partition coefficient (Wildman–Crippen LogP) is 1.28. The third-order valence-corrected chi connectivity index (χ3v) is 3.32. The second-order valence-corrected chi connectivity index (χ2v) is 4.55. The van der Waals surface area contributed by atoms with Gasteiger partial charge in [0.25, 0.3) is 5.97 Å². The van der Waals surface area contributed by atoms with Crippen molar-refractivity contribution in [3.8, 4) is 0 Å². The molecule has 4 nitrogen and oxygen atoms in total. The summed E-state index contributed by atoms with van der Waals surface area (Å²) in [7, 11) is 0. The van der Waals surface area contributed by atoms with Crippen LogP contribution in [0.15, 0.2) is 0 Å². The fourth-order valence-corrected chi connectivity index (χ4v) is 2.52. The van der Waals surface area contributed by atoms with Crippen LogP contribution in [0.3, 0.4) is 0 Å². The number of hydrogen-bond donors (Lipinski definition) is 0. The summed E-state index contributed by atoms with van der Waals surface area (Å²) >= 11 is 0. The molecule has 0 unspecified atom stereocenters. The standard InChI is InChI=1S/C13H21N2O2/c1-2-17-13(16)11-15-10-4-3-7-12(15)14-8-5-6-9-14/h2-10H2,1H3. The molecule has 0 bridgehead atoms. The summed E-state index contributed by atoms with van der Waals surface area (Å²) in [6.45, 7) is 8.21. The molecule has 2 rings (SSSR count). The minimum Gasteiger partial charge on any atom is -0.474 e. The molecule has 0 aromatic heterocycles. The van der Waals surface area contributed by atoms with E-state index in [9.17, 15) is 4.79 Å². The highest BCUT2D eigenvalue weighted by Crippen LogP contribution is 2.16. The van der Waals surface area contributed by atoms with Crippen molar-refractivity contribution in [3.63, 3.8) is 0 Å². The summed E-state index contributed by atoms with van der Waals surface area (Å²) < 4.78 is 6.91. The highest BCUT2D eigenvalue weighted by Gasteiger charge is 2.22. The van der Waals surface area contributed by atoms with E-state index in [4.69, 9.17) is 4.74 Å². The van der Waals surface area contributed by atoms with E-state index in [1.165, 1.54) is 25.1 Å². The summed E-state index contributed by atoms with van der Waals surface area (Å²) in [4.78, 5) is 13.9. The molecular weight excluding hydrogens is 216 g/mol. The first-order chi connectivity index (χ1) is 8.31. The summed E-state index contributed by atoms with van der Waals surface area (Å²) in [5, 5.41) is 0. The molecule has 1 radical (unpaired) electrons. The van der Waals surface area contributed by atoms with Crippen molar-refractivity contribution in [1.29, 1.82) is 0 Å². The molecule has 4 heteroatoms. The van der Waals surface area contributed by atoms with Gasteiger partial charge in [0.2, 0.25) is 0 Å². The van der Waals surface area contributed by atoms with Gasteiger partial charge in [0, 0.05) is 6.54 Å². The topological polar surface area (TPSA) is 32.6 Å². The van der Waals surface area contributed by atoms with Gasteiger partial charge in [0.15, 0.2) is 0 Å². The van der Waals surface area contributed by atoms with Gasteiger partial charge in [-0.1, -0.05) is 6.42 Å². The number of esters is 1. The number of carbonyl (C=O) groups is 1. The molecular formula is C13H21N2O2. The van der Waals surface area contributed by atoms with Crippen LogP contribution in [0.5, 0.6) is 0 Å². The number of carbonyl (C=O) groups excluding carboxylic acids is 1. The Balaban J connectivity index is 2.04. The Morgan fingerprint density at radius 3 is 2.82 bits per heavy atom. The summed E-state index contributed by atoms with van der Waals surface area (Å²) in [6.07, 6.45) is 5.93. The largest absolute Gasteiger partial charge is 0.474 e. The summed E-state index contributed by atoms with van der Waals surface area (Å²) in [5.74, 6) is 0.924. The van der Waals surface area contributed by atoms with Crippen LogP contribution in [0.1, 0.15) is 39.0 Å². The van der Waals surface area contributed by atoms with Crippen LogP contribution in [0.2, 0.25) is 0 Å². The van der Waals surface area contributed by atoms with Crippen molar-refractivity contribution in [2.75, 3.05) is 26.2 Å². The minimum atomic E-state index is -0.342. The number of rotatable bonds is 3. The van der Waals surface area contributed by atoms with Crippen LogP contribution in [-0.2, 0) is 9.53 Å². The molecule has 0 atom stereocenters. The van der Waals surface area contributed by atoms with E-state index in [0.717, 1.165) is 32.5 Å². The Morgan fingerprint density at radius 2 is 2.12 bits per heavy atom. The average molecular weight is 237 g/mol. The van der Waals surface area contributed by atoms with Crippen molar-refractivity contribution in [3.05, 3.63) is 6.54 Å². The monoisotopic (exact) mass is 237 g/mol. The molecule has 0 aromatic carbocycles. The lowest BCUT2D eigenvalue weighted by molar-refractivity contribution is -0.493. The Bertz CT molecular complexity index is 307. The van der Waals surface area contributed by atoms with Crippen molar-refractivity contribution in [2.24, 2.45) is 0 Å². The van der Waals surface area contributed by atoms with E-state index in [1.807, 2.05) is 11.5 Å². The van der Waals surface area contributed by atoms with E-state index in [1.54, 1.807) is 0 Å². The van der Waals surface area contributed by atoms with Crippen LogP contribution in [0.25, 0.3) is 0 Å². The van der Waals surface area contributed by atoms with Crippen molar-refractivity contribution in [2.45, 2.75) is 39.0 Å². The lowest BCUT2D eigenvalue weighted by Gasteiger charge is -2.30. The van der Waals surface area contributed by atoms with Gasteiger partial charge in [-0.2, -0.15) is 0 Å². The van der Waals surface area contributed by atoms with Gasteiger partial charge < -0.3 is 14.2 Å². The van der Waals surface area contributed by atoms with Crippen molar-refractivity contribution >= 4 is 11.8 Å². The van der Waals surface area contributed by atoms with E-state index in [-0.39, 0.29) is 5.97 Å².